The molecule has 1 aromatic rings. The molecule has 15 heavy (non-hydrogen) atoms. The fraction of sp³-hybridized carbons (Fsp3) is 0.364. The number of anilines is 1. The van der Waals surface area contributed by atoms with Gasteiger partial charge in [-0.25, -0.2) is 5.84 Å². The Bertz CT molecular complexity index is 376. The molecule has 0 atom stereocenters. The van der Waals surface area contributed by atoms with E-state index >= 15 is 0 Å². The van der Waals surface area contributed by atoms with E-state index in [1.54, 1.807) is 0 Å². The van der Waals surface area contributed by atoms with Gasteiger partial charge in [-0.2, -0.15) is 0 Å². The number of benzene rings is 1. The Balaban J connectivity index is 2.17. The van der Waals surface area contributed by atoms with Gasteiger partial charge >= 0.3 is 0 Å². The second kappa shape index (κ2) is 4.31. The van der Waals surface area contributed by atoms with E-state index in [4.69, 9.17) is 5.84 Å². The summed E-state index contributed by atoms with van der Waals surface area (Å²) in [5.41, 5.74) is 5.64. The maximum atomic E-state index is 11.1. The predicted octanol–water partition coefficient (Wildman–Crippen LogP) is 0.577. The Kier molecular flexibility index (Phi) is 2.87. The number of fused-ring (bicyclic) bond motifs is 1. The molecule has 2 rings (SSSR count). The highest BCUT2D eigenvalue weighted by Crippen LogP contribution is 2.22. The molecule has 0 aliphatic carbocycles. The van der Waals surface area contributed by atoms with Gasteiger partial charge in [0.1, 0.15) is 0 Å². The highest BCUT2D eigenvalue weighted by Gasteiger charge is 2.09. The van der Waals surface area contributed by atoms with Crippen LogP contribution in [0.4, 0.5) is 5.69 Å². The standard InChI is InChI=1S/C11H15N3O/c12-14-11(15)7-8-3-4-10-9(6-8)2-1-5-13-10/h3-4,6,13H,1-2,5,7,12H2,(H,14,15). The van der Waals surface area contributed by atoms with E-state index in [9.17, 15) is 4.79 Å². The Morgan fingerprint density at radius 1 is 1.53 bits per heavy atom. The summed E-state index contributed by atoms with van der Waals surface area (Å²) >= 11 is 0. The quantitative estimate of drug-likeness (QED) is 0.376. The summed E-state index contributed by atoms with van der Waals surface area (Å²) in [7, 11) is 0. The van der Waals surface area contributed by atoms with Gasteiger partial charge in [-0.05, 0) is 30.0 Å². The Morgan fingerprint density at radius 3 is 3.20 bits per heavy atom. The number of amides is 1. The van der Waals surface area contributed by atoms with Crippen LogP contribution in [0.25, 0.3) is 0 Å². The molecule has 4 N–H and O–H groups in total. The highest BCUT2D eigenvalue weighted by atomic mass is 16.2. The first-order chi connectivity index (χ1) is 7.29. The van der Waals surface area contributed by atoms with E-state index < -0.39 is 0 Å². The fourth-order valence-corrected chi connectivity index (χ4v) is 1.87. The van der Waals surface area contributed by atoms with E-state index in [0.717, 1.165) is 24.9 Å². The third kappa shape index (κ3) is 2.27. The van der Waals surface area contributed by atoms with Gasteiger partial charge in [0.2, 0.25) is 5.91 Å². The highest BCUT2D eigenvalue weighted by molar-refractivity contribution is 5.78. The van der Waals surface area contributed by atoms with Crippen molar-refractivity contribution in [1.29, 1.82) is 0 Å². The van der Waals surface area contributed by atoms with Crippen LogP contribution in [0.15, 0.2) is 18.2 Å². The van der Waals surface area contributed by atoms with Crippen molar-refractivity contribution in [1.82, 2.24) is 5.43 Å². The number of hydrogen-bond donors (Lipinski definition) is 3. The zero-order valence-corrected chi connectivity index (χ0v) is 8.55. The van der Waals surface area contributed by atoms with Crippen LogP contribution in [-0.2, 0) is 17.6 Å². The van der Waals surface area contributed by atoms with Gasteiger partial charge in [0, 0.05) is 12.2 Å². The van der Waals surface area contributed by atoms with Crippen molar-refractivity contribution in [3.05, 3.63) is 29.3 Å². The molecule has 1 aliphatic heterocycles. The molecule has 0 bridgehead atoms. The summed E-state index contributed by atoms with van der Waals surface area (Å²) in [6, 6.07) is 6.08. The van der Waals surface area contributed by atoms with Crippen LogP contribution in [-0.4, -0.2) is 12.5 Å². The molecule has 0 radical (unpaired) electrons. The summed E-state index contributed by atoms with van der Waals surface area (Å²) in [6.45, 7) is 1.04. The van der Waals surface area contributed by atoms with Crippen LogP contribution < -0.4 is 16.6 Å². The van der Waals surface area contributed by atoms with Gasteiger partial charge in [-0.1, -0.05) is 12.1 Å². The van der Waals surface area contributed by atoms with Crippen molar-refractivity contribution in [2.75, 3.05) is 11.9 Å². The molecule has 0 aromatic heterocycles. The SMILES string of the molecule is NNC(=O)Cc1ccc2c(c1)CCCN2. The molecule has 1 heterocycles. The maximum absolute atomic E-state index is 11.1. The summed E-state index contributed by atoms with van der Waals surface area (Å²) in [5, 5.41) is 3.33. The molecular weight excluding hydrogens is 190 g/mol. The number of rotatable bonds is 2. The zero-order chi connectivity index (χ0) is 10.7. The van der Waals surface area contributed by atoms with E-state index in [1.165, 1.54) is 11.3 Å². The zero-order valence-electron chi connectivity index (χ0n) is 8.55. The molecule has 0 saturated carbocycles. The minimum Gasteiger partial charge on any atom is -0.385 e. The lowest BCUT2D eigenvalue weighted by Gasteiger charge is -2.18. The lowest BCUT2D eigenvalue weighted by atomic mass is 9.99. The molecular formula is C11H15N3O. The third-order valence-corrected chi connectivity index (χ3v) is 2.63. The van der Waals surface area contributed by atoms with Crippen molar-refractivity contribution in [3.8, 4) is 0 Å². The van der Waals surface area contributed by atoms with Gasteiger partial charge in [0.25, 0.3) is 0 Å². The van der Waals surface area contributed by atoms with Crippen molar-refractivity contribution >= 4 is 11.6 Å². The van der Waals surface area contributed by atoms with Crippen molar-refractivity contribution in [2.45, 2.75) is 19.3 Å². The first-order valence-corrected chi connectivity index (χ1v) is 5.15. The smallest absolute Gasteiger partial charge is 0.238 e. The largest absolute Gasteiger partial charge is 0.385 e. The van der Waals surface area contributed by atoms with Gasteiger partial charge in [-0.3, -0.25) is 10.2 Å². The monoisotopic (exact) mass is 205 g/mol. The molecule has 0 saturated heterocycles. The number of hydrogen-bond acceptors (Lipinski definition) is 3. The molecule has 4 heteroatoms. The summed E-state index contributed by atoms with van der Waals surface area (Å²) in [4.78, 5) is 11.1. The van der Waals surface area contributed by atoms with Crippen LogP contribution >= 0.6 is 0 Å². The van der Waals surface area contributed by atoms with Gasteiger partial charge < -0.3 is 5.32 Å². The van der Waals surface area contributed by atoms with Gasteiger partial charge in [0.15, 0.2) is 0 Å². The van der Waals surface area contributed by atoms with E-state index in [2.05, 4.69) is 16.8 Å². The van der Waals surface area contributed by atoms with E-state index in [1.807, 2.05) is 12.1 Å². The normalized spacial score (nSPS) is 13.9. The molecule has 1 amide bonds. The molecule has 80 valence electrons. The summed E-state index contributed by atoms with van der Waals surface area (Å²) in [5.74, 6) is 4.89. The van der Waals surface area contributed by atoms with Crippen LogP contribution in [0.5, 0.6) is 0 Å². The number of hydrazine groups is 1. The number of nitrogens with one attached hydrogen (secondary N) is 2. The predicted molar refractivity (Wildman–Crippen MR) is 59.3 cm³/mol. The topological polar surface area (TPSA) is 67.1 Å². The Labute approximate surface area is 88.8 Å². The minimum atomic E-state index is -0.154. The fourth-order valence-electron chi connectivity index (χ4n) is 1.87. The van der Waals surface area contributed by atoms with Gasteiger partial charge in [0.05, 0.1) is 6.42 Å². The Morgan fingerprint density at radius 2 is 2.40 bits per heavy atom. The first-order valence-electron chi connectivity index (χ1n) is 5.15. The molecule has 4 nitrogen and oxygen atoms in total. The maximum Gasteiger partial charge on any atom is 0.238 e. The molecule has 0 spiro atoms. The Hall–Kier alpha value is -1.55. The van der Waals surface area contributed by atoms with Crippen LogP contribution in [0.3, 0.4) is 0 Å². The molecule has 1 aromatic carbocycles. The molecule has 0 unspecified atom stereocenters. The molecule has 0 fully saturated rings. The summed E-state index contributed by atoms with van der Waals surface area (Å²) < 4.78 is 0. The number of nitrogens with two attached hydrogens (primary N) is 1. The van der Waals surface area contributed by atoms with Crippen LogP contribution in [0.2, 0.25) is 0 Å². The average Bonchev–Trinajstić information content (AvgIpc) is 2.29. The van der Waals surface area contributed by atoms with Gasteiger partial charge in [-0.15, -0.1) is 0 Å². The summed E-state index contributed by atoms with van der Waals surface area (Å²) in [6.07, 6.45) is 2.59. The van der Waals surface area contributed by atoms with Crippen LogP contribution in [0, 0.1) is 0 Å². The second-order valence-electron chi connectivity index (χ2n) is 3.77. The van der Waals surface area contributed by atoms with Crippen molar-refractivity contribution < 1.29 is 4.79 Å². The number of aryl methyl sites for hydroxylation is 1. The minimum absolute atomic E-state index is 0.154. The third-order valence-electron chi connectivity index (χ3n) is 2.63. The van der Waals surface area contributed by atoms with E-state index in [0.29, 0.717) is 6.42 Å². The number of carbonyl (C=O) groups excluding carboxylic acids is 1. The molecule has 1 aliphatic rings. The lowest BCUT2D eigenvalue weighted by molar-refractivity contribution is -0.120. The van der Waals surface area contributed by atoms with E-state index in [-0.39, 0.29) is 5.91 Å². The average molecular weight is 205 g/mol. The van der Waals surface area contributed by atoms with Crippen molar-refractivity contribution in [2.24, 2.45) is 5.84 Å². The first kappa shape index (κ1) is 9.98. The van der Waals surface area contributed by atoms with Crippen LogP contribution in [0.1, 0.15) is 17.5 Å². The lowest BCUT2D eigenvalue weighted by Crippen LogP contribution is -2.31. The second-order valence-corrected chi connectivity index (χ2v) is 3.77. The van der Waals surface area contributed by atoms with Crippen molar-refractivity contribution in [3.63, 3.8) is 0 Å². The number of carbonyl (C=O) groups is 1.